The molecule has 1 unspecified atom stereocenters. The molecule has 0 spiro atoms. The number of sulfonamides is 1. The monoisotopic (exact) mass is 311 g/mol. The molecule has 1 atom stereocenters. The van der Waals surface area contributed by atoms with E-state index in [0.717, 1.165) is 12.0 Å². The lowest BCUT2D eigenvalue weighted by molar-refractivity contribution is 0.252. The molecule has 2 rings (SSSR count). The number of benzene rings is 1. The van der Waals surface area contributed by atoms with Crippen LogP contribution in [0.15, 0.2) is 23.1 Å². The summed E-state index contributed by atoms with van der Waals surface area (Å²) in [5, 5.41) is 9.31. The van der Waals surface area contributed by atoms with Crippen molar-refractivity contribution in [1.82, 2.24) is 4.31 Å². The van der Waals surface area contributed by atoms with Gasteiger partial charge in [0.2, 0.25) is 10.0 Å². The summed E-state index contributed by atoms with van der Waals surface area (Å²) in [5.74, 6) is 0.384. The van der Waals surface area contributed by atoms with Crippen molar-refractivity contribution in [3.63, 3.8) is 0 Å². The quantitative estimate of drug-likeness (QED) is 0.933. The molecule has 0 aliphatic carbocycles. The van der Waals surface area contributed by atoms with Crippen LogP contribution in [-0.2, 0) is 16.6 Å². The van der Waals surface area contributed by atoms with Crippen molar-refractivity contribution in [2.45, 2.75) is 45.6 Å². The molecule has 1 aromatic carbocycles. The summed E-state index contributed by atoms with van der Waals surface area (Å²) in [6.45, 7) is 9.35. The Balaban J connectivity index is 2.27. The van der Waals surface area contributed by atoms with Crippen molar-refractivity contribution in [3.8, 4) is 0 Å². The molecule has 1 aliphatic rings. The average Bonchev–Trinajstić information content (AvgIpc) is 2.89. The Hall–Kier alpha value is -0.910. The minimum atomic E-state index is -3.46. The molecule has 118 valence electrons. The maximum Gasteiger partial charge on any atom is 0.243 e. The van der Waals surface area contributed by atoms with Crippen molar-refractivity contribution in [3.05, 3.63) is 29.3 Å². The maximum absolute atomic E-state index is 12.7. The molecule has 4 nitrogen and oxygen atoms in total. The van der Waals surface area contributed by atoms with Crippen LogP contribution in [0.3, 0.4) is 0 Å². The molecule has 21 heavy (non-hydrogen) atoms. The first-order chi connectivity index (χ1) is 9.66. The topological polar surface area (TPSA) is 57.6 Å². The third kappa shape index (κ3) is 3.30. The van der Waals surface area contributed by atoms with E-state index in [1.807, 2.05) is 6.92 Å². The summed E-state index contributed by atoms with van der Waals surface area (Å²) in [7, 11) is -3.46. The van der Waals surface area contributed by atoms with Crippen LogP contribution in [0, 0.1) is 18.3 Å². The molecule has 1 aromatic rings. The highest BCUT2D eigenvalue weighted by Gasteiger charge is 2.37. The zero-order chi connectivity index (χ0) is 15.8. The average molecular weight is 311 g/mol. The van der Waals surface area contributed by atoms with Gasteiger partial charge in [-0.25, -0.2) is 8.42 Å². The summed E-state index contributed by atoms with van der Waals surface area (Å²) >= 11 is 0. The smallest absolute Gasteiger partial charge is 0.243 e. The first-order valence-corrected chi connectivity index (χ1v) is 8.81. The van der Waals surface area contributed by atoms with E-state index in [1.165, 1.54) is 0 Å². The molecule has 1 fully saturated rings. The summed E-state index contributed by atoms with van der Waals surface area (Å²) in [5.41, 5.74) is 1.70. The van der Waals surface area contributed by atoms with Crippen LogP contribution in [-0.4, -0.2) is 30.9 Å². The summed E-state index contributed by atoms with van der Waals surface area (Å²) in [6, 6.07) is 4.99. The van der Waals surface area contributed by atoms with Crippen LogP contribution in [0.1, 0.15) is 38.3 Å². The molecule has 1 aliphatic heterocycles. The highest BCUT2D eigenvalue weighted by atomic mass is 32.2. The number of hydrogen-bond acceptors (Lipinski definition) is 3. The fourth-order valence-corrected chi connectivity index (χ4v) is 4.33. The number of nitrogens with zero attached hydrogens (tertiary/aromatic N) is 1. The van der Waals surface area contributed by atoms with Gasteiger partial charge in [-0.1, -0.05) is 26.8 Å². The minimum absolute atomic E-state index is 0.119. The van der Waals surface area contributed by atoms with Crippen molar-refractivity contribution in [2.75, 3.05) is 13.1 Å². The standard InChI is InChI=1S/C16H25NO3S/c1-12-5-6-15(9-13(12)11-18)21(19,20)17-8-7-14(10-17)16(2,3)4/h5-6,9,14,18H,7-8,10-11H2,1-4H3. The zero-order valence-corrected chi connectivity index (χ0v) is 14.1. The predicted octanol–water partition coefficient (Wildman–Crippen LogP) is 2.54. The Labute approximate surface area is 127 Å². The first-order valence-electron chi connectivity index (χ1n) is 7.37. The predicted molar refractivity (Wildman–Crippen MR) is 83.4 cm³/mol. The van der Waals surface area contributed by atoms with Crippen LogP contribution in [0.4, 0.5) is 0 Å². The van der Waals surface area contributed by atoms with Crippen LogP contribution >= 0.6 is 0 Å². The fourth-order valence-electron chi connectivity index (χ4n) is 2.78. The van der Waals surface area contributed by atoms with E-state index >= 15 is 0 Å². The molecule has 5 heteroatoms. The van der Waals surface area contributed by atoms with E-state index in [2.05, 4.69) is 20.8 Å². The lowest BCUT2D eigenvalue weighted by Gasteiger charge is -2.27. The van der Waals surface area contributed by atoms with Gasteiger partial charge >= 0.3 is 0 Å². The van der Waals surface area contributed by atoms with Crippen molar-refractivity contribution in [1.29, 1.82) is 0 Å². The molecule has 0 bridgehead atoms. The Morgan fingerprint density at radius 1 is 1.33 bits per heavy atom. The molecule has 0 amide bonds. The van der Waals surface area contributed by atoms with Crippen LogP contribution < -0.4 is 0 Å². The minimum Gasteiger partial charge on any atom is -0.392 e. The summed E-state index contributed by atoms with van der Waals surface area (Å²) < 4.78 is 27.0. The highest BCUT2D eigenvalue weighted by Crippen LogP contribution is 2.36. The van der Waals surface area contributed by atoms with Crippen molar-refractivity contribution >= 4 is 10.0 Å². The number of aliphatic hydroxyl groups is 1. The largest absolute Gasteiger partial charge is 0.392 e. The van der Waals surface area contributed by atoms with Crippen LogP contribution in [0.2, 0.25) is 0 Å². The van der Waals surface area contributed by atoms with Gasteiger partial charge in [-0.15, -0.1) is 0 Å². The van der Waals surface area contributed by atoms with E-state index in [9.17, 15) is 13.5 Å². The maximum atomic E-state index is 12.7. The number of hydrogen-bond donors (Lipinski definition) is 1. The second-order valence-electron chi connectivity index (χ2n) is 6.96. The summed E-state index contributed by atoms with van der Waals surface area (Å²) in [4.78, 5) is 0.284. The van der Waals surface area contributed by atoms with Gasteiger partial charge in [-0.3, -0.25) is 0 Å². The molecule has 1 N–H and O–H groups in total. The summed E-state index contributed by atoms with van der Waals surface area (Å²) in [6.07, 6.45) is 0.904. The van der Waals surface area contributed by atoms with E-state index in [4.69, 9.17) is 0 Å². The van der Waals surface area contributed by atoms with Gasteiger partial charge < -0.3 is 5.11 Å². The fraction of sp³-hybridized carbons (Fsp3) is 0.625. The van der Waals surface area contributed by atoms with Gasteiger partial charge in [-0.05, 0) is 47.9 Å². The second-order valence-corrected chi connectivity index (χ2v) is 8.90. The van der Waals surface area contributed by atoms with Crippen molar-refractivity contribution < 1.29 is 13.5 Å². The van der Waals surface area contributed by atoms with Crippen LogP contribution in [0.5, 0.6) is 0 Å². The van der Waals surface area contributed by atoms with Gasteiger partial charge in [-0.2, -0.15) is 4.31 Å². The zero-order valence-electron chi connectivity index (χ0n) is 13.3. The molecular formula is C16H25NO3S. The van der Waals surface area contributed by atoms with E-state index < -0.39 is 10.0 Å². The van der Waals surface area contributed by atoms with Gasteiger partial charge in [0.05, 0.1) is 11.5 Å². The second kappa shape index (κ2) is 5.71. The van der Waals surface area contributed by atoms with Gasteiger partial charge in [0.25, 0.3) is 0 Å². The van der Waals surface area contributed by atoms with Crippen LogP contribution in [0.25, 0.3) is 0 Å². The van der Waals surface area contributed by atoms with E-state index in [0.29, 0.717) is 24.6 Å². The van der Waals surface area contributed by atoms with Gasteiger partial charge in [0.15, 0.2) is 0 Å². The highest BCUT2D eigenvalue weighted by molar-refractivity contribution is 7.89. The normalized spacial score (nSPS) is 20.9. The Morgan fingerprint density at radius 3 is 2.52 bits per heavy atom. The number of aryl methyl sites for hydroxylation is 1. The molecule has 1 heterocycles. The first kappa shape index (κ1) is 16.5. The van der Waals surface area contributed by atoms with Crippen molar-refractivity contribution in [2.24, 2.45) is 11.3 Å². The Morgan fingerprint density at radius 2 is 2.00 bits per heavy atom. The number of aliphatic hydroxyl groups excluding tert-OH is 1. The van der Waals surface area contributed by atoms with Gasteiger partial charge in [0, 0.05) is 13.1 Å². The van der Waals surface area contributed by atoms with E-state index in [1.54, 1.807) is 22.5 Å². The molecular weight excluding hydrogens is 286 g/mol. The molecule has 0 aromatic heterocycles. The van der Waals surface area contributed by atoms with Gasteiger partial charge in [0.1, 0.15) is 0 Å². The third-order valence-corrected chi connectivity index (χ3v) is 6.37. The Bertz CT molecular complexity index is 617. The third-order valence-electron chi connectivity index (χ3n) is 4.50. The number of rotatable bonds is 3. The lowest BCUT2D eigenvalue weighted by Crippen LogP contribution is -2.31. The SMILES string of the molecule is Cc1ccc(S(=O)(=O)N2CCC(C(C)(C)C)C2)cc1CO. The van der Waals surface area contributed by atoms with E-state index in [-0.39, 0.29) is 16.9 Å². The Kier molecular flexibility index (Phi) is 4.47. The molecule has 0 radical (unpaired) electrons. The molecule has 0 saturated carbocycles. The molecule has 1 saturated heterocycles. The lowest BCUT2D eigenvalue weighted by atomic mass is 9.80.